The van der Waals surface area contributed by atoms with Crippen LogP contribution in [-0.2, 0) is 11.3 Å². The third-order valence-electron chi connectivity index (χ3n) is 3.24. The molecule has 0 fully saturated rings. The number of carboxylic acids is 1. The Morgan fingerprint density at radius 3 is 2.73 bits per heavy atom. The summed E-state index contributed by atoms with van der Waals surface area (Å²) in [6.45, 7) is 3.89. The van der Waals surface area contributed by atoms with Gasteiger partial charge in [-0.25, -0.2) is 4.79 Å². The first-order valence-corrected chi connectivity index (χ1v) is 7.61. The maximum Gasteiger partial charge on any atom is 0.341 e. The lowest BCUT2D eigenvalue weighted by atomic mass is 10.1. The van der Waals surface area contributed by atoms with E-state index in [4.69, 9.17) is 9.84 Å². The second-order valence-corrected chi connectivity index (χ2v) is 5.93. The van der Waals surface area contributed by atoms with Crippen LogP contribution >= 0.6 is 11.3 Å². The minimum absolute atomic E-state index is 0.112. The molecule has 0 aliphatic heterocycles. The zero-order chi connectivity index (χ0) is 16.1. The average molecular weight is 319 g/mol. The Kier molecular flexibility index (Phi) is 5.16. The number of hydrogen-bond donors (Lipinski definition) is 2. The fourth-order valence-electron chi connectivity index (χ4n) is 1.91. The molecule has 1 amide bonds. The maximum absolute atomic E-state index is 12.1. The number of benzene rings is 1. The van der Waals surface area contributed by atoms with Gasteiger partial charge in [-0.05, 0) is 37.1 Å². The Morgan fingerprint density at radius 2 is 2.09 bits per heavy atom. The predicted octanol–water partition coefficient (Wildman–Crippen LogP) is 2.76. The lowest BCUT2D eigenvalue weighted by Crippen LogP contribution is -2.23. The van der Waals surface area contributed by atoms with E-state index in [1.54, 1.807) is 29.5 Å². The van der Waals surface area contributed by atoms with Crippen LogP contribution in [0.3, 0.4) is 0 Å². The first-order chi connectivity index (χ1) is 10.5. The van der Waals surface area contributed by atoms with E-state index in [1.807, 2.05) is 25.3 Å². The summed E-state index contributed by atoms with van der Waals surface area (Å²) < 4.78 is 5.11. The highest BCUT2D eigenvalue weighted by molar-refractivity contribution is 7.10. The Hall–Kier alpha value is -2.34. The average Bonchev–Trinajstić information content (AvgIpc) is 2.83. The highest BCUT2D eigenvalue weighted by Crippen LogP contribution is 2.20. The molecule has 0 spiro atoms. The molecule has 0 radical (unpaired) electrons. The fourth-order valence-corrected chi connectivity index (χ4v) is 2.77. The van der Waals surface area contributed by atoms with E-state index in [9.17, 15) is 9.59 Å². The van der Waals surface area contributed by atoms with E-state index < -0.39 is 5.97 Å². The van der Waals surface area contributed by atoms with Crippen LogP contribution < -0.4 is 10.1 Å². The molecule has 2 rings (SSSR count). The van der Waals surface area contributed by atoms with E-state index in [-0.39, 0.29) is 12.5 Å². The van der Waals surface area contributed by atoms with Crippen molar-refractivity contribution in [1.29, 1.82) is 0 Å². The molecule has 1 aromatic carbocycles. The highest BCUT2D eigenvalue weighted by Gasteiger charge is 2.12. The lowest BCUT2D eigenvalue weighted by Gasteiger charge is -2.08. The van der Waals surface area contributed by atoms with Crippen molar-refractivity contribution in [3.05, 3.63) is 51.2 Å². The first kappa shape index (κ1) is 16.0. The van der Waals surface area contributed by atoms with E-state index >= 15 is 0 Å². The van der Waals surface area contributed by atoms with Gasteiger partial charge in [-0.1, -0.05) is 12.1 Å². The van der Waals surface area contributed by atoms with Crippen molar-refractivity contribution >= 4 is 23.2 Å². The van der Waals surface area contributed by atoms with E-state index in [1.165, 1.54) is 0 Å². The van der Waals surface area contributed by atoms with Gasteiger partial charge in [-0.2, -0.15) is 0 Å². The number of aliphatic carboxylic acids is 1. The molecule has 6 heteroatoms. The predicted molar refractivity (Wildman–Crippen MR) is 84.5 cm³/mol. The maximum atomic E-state index is 12.1. The Labute approximate surface area is 132 Å². The number of amides is 1. The van der Waals surface area contributed by atoms with Gasteiger partial charge in [-0.15, -0.1) is 11.3 Å². The Balaban J connectivity index is 1.96. The van der Waals surface area contributed by atoms with Crippen molar-refractivity contribution in [1.82, 2.24) is 5.32 Å². The molecule has 0 aliphatic carbocycles. The third-order valence-corrected chi connectivity index (χ3v) is 4.26. The molecule has 1 aromatic heterocycles. The number of hydrogen-bond acceptors (Lipinski definition) is 4. The normalized spacial score (nSPS) is 10.3. The van der Waals surface area contributed by atoms with Crippen LogP contribution in [0.5, 0.6) is 5.75 Å². The van der Waals surface area contributed by atoms with Gasteiger partial charge in [0.1, 0.15) is 5.75 Å². The van der Waals surface area contributed by atoms with Crippen LogP contribution in [0.2, 0.25) is 0 Å². The SMILES string of the molecule is Cc1scc(C(=O)NCc2cccc(OCC(=O)O)c2)c1C. The number of ether oxygens (including phenoxy) is 1. The van der Waals surface area contributed by atoms with Crippen molar-refractivity contribution in [3.63, 3.8) is 0 Å². The number of carboxylic acid groups (broad SMARTS) is 1. The fraction of sp³-hybridized carbons (Fsp3) is 0.250. The van der Waals surface area contributed by atoms with Crippen LogP contribution in [0.25, 0.3) is 0 Å². The molecule has 0 atom stereocenters. The summed E-state index contributed by atoms with van der Waals surface area (Å²) in [6.07, 6.45) is 0. The molecular formula is C16H17NO4S. The zero-order valence-corrected chi connectivity index (χ0v) is 13.2. The molecule has 0 aliphatic rings. The highest BCUT2D eigenvalue weighted by atomic mass is 32.1. The summed E-state index contributed by atoms with van der Waals surface area (Å²) in [4.78, 5) is 23.8. The van der Waals surface area contributed by atoms with Gasteiger partial charge in [0.25, 0.3) is 5.91 Å². The van der Waals surface area contributed by atoms with E-state index in [2.05, 4.69) is 5.32 Å². The standard InChI is InChI=1S/C16H17NO4S/c1-10-11(2)22-9-14(10)16(20)17-7-12-4-3-5-13(6-12)21-8-15(18)19/h3-6,9H,7-8H2,1-2H3,(H,17,20)(H,18,19). The van der Waals surface area contributed by atoms with Crippen molar-refractivity contribution < 1.29 is 19.4 Å². The summed E-state index contributed by atoms with van der Waals surface area (Å²) in [5.74, 6) is -0.669. The number of nitrogens with one attached hydrogen (secondary N) is 1. The second kappa shape index (κ2) is 7.09. The molecule has 2 N–H and O–H groups in total. The molecule has 0 saturated heterocycles. The molecule has 1 heterocycles. The van der Waals surface area contributed by atoms with Gasteiger partial charge in [-0.3, -0.25) is 4.79 Å². The molecule has 5 nitrogen and oxygen atoms in total. The summed E-state index contributed by atoms with van der Waals surface area (Å²) in [6, 6.07) is 7.01. The topological polar surface area (TPSA) is 75.6 Å². The smallest absolute Gasteiger partial charge is 0.341 e. The summed E-state index contributed by atoms with van der Waals surface area (Å²) in [5, 5.41) is 13.3. The summed E-state index contributed by atoms with van der Waals surface area (Å²) >= 11 is 1.56. The van der Waals surface area contributed by atoms with Gasteiger partial charge in [0.2, 0.25) is 0 Å². The molecule has 0 bridgehead atoms. The monoisotopic (exact) mass is 319 g/mol. The van der Waals surface area contributed by atoms with Crippen LogP contribution in [0.15, 0.2) is 29.6 Å². The molecule has 0 saturated carbocycles. The van der Waals surface area contributed by atoms with Crippen molar-refractivity contribution in [3.8, 4) is 5.75 Å². The quantitative estimate of drug-likeness (QED) is 0.858. The summed E-state index contributed by atoms with van der Waals surface area (Å²) in [5.41, 5.74) is 2.54. The lowest BCUT2D eigenvalue weighted by molar-refractivity contribution is -0.139. The zero-order valence-electron chi connectivity index (χ0n) is 12.4. The van der Waals surface area contributed by atoms with Crippen LogP contribution in [0.4, 0.5) is 0 Å². The minimum atomic E-state index is -1.03. The molecular weight excluding hydrogens is 302 g/mol. The third kappa shape index (κ3) is 4.08. The van der Waals surface area contributed by atoms with Crippen LogP contribution in [0, 0.1) is 13.8 Å². The van der Waals surface area contributed by atoms with Crippen LogP contribution in [-0.4, -0.2) is 23.6 Å². The molecule has 22 heavy (non-hydrogen) atoms. The van der Waals surface area contributed by atoms with Gasteiger partial charge in [0, 0.05) is 16.8 Å². The van der Waals surface area contributed by atoms with E-state index in [0.717, 1.165) is 16.0 Å². The van der Waals surface area contributed by atoms with Gasteiger partial charge < -0.3 is 15.2 Å². The number of thiophene rings is 1. The second-order valence-electron chi connectivity index (χ2n) is 4.84. The van der Waals surface area contributed by atoms with Gasteiger partial charge >= 0.3 is 5.97 Å². The Bertz CT molecular complexity index is 693. The van der Waals surface area contributed by atoms with E-state index in [0.29, 0.717) is 17.9 Å². The largest absolute Gasteiger partial charge is 0.482 e. The first-order valence-electron chi connectivity index (χ1n) is 6.74. The molecule has 0 unspecified atom stereocenters. The number of rotatable bonds is 6. The van der Waals surface area contributed by atoms with Crippen molar-refractivity contribution in [2.75, 3.05) is 6.61 Å². The van der Waals surface area contributed by atoms with Crippen molar-refractivity contribution in [2.45, 2.75) is 20.4 Å². The van der Waals surface area contributed by atoms with Gasteiger partial charge in [0.15, 0.2) is 6.61 Å². The number of aryl methyl sites for hydroxylation is 1. The number of carbonyl (C=O) groups is 2. The number of carbonyl (C=O) groups excluding carboxylic acids is 1. The van der Waals surface area contributed by atoms with Gasteiger partial charge in [0.05, 0.1) is 5.56 Å². The van der Waals surface area contributed by atoms with Crippen LogP contribution in [0.1, 0.15) is 26.4 Å². The minimum Gasteiger partial charge on any atom is -0.482 e. The Morgan fingerprint density at radius 1 is 1.32 bits per heavy atom. The molecule has 2 aromatic rings. The van der Waals surface area contributed by atoms with Crippen molar-refractivity contribution in [2.24, 2.45) is 0 Å². The molecule has 116 valence electrons. The summed E-state index contributed by atoms with van der Waals surface area (Å²) in [7, 11) is 0.